The molecule has 0 amide bonds. The predicted molar refractivity (Wildman–Crippen MR) is 97.4 cm³/mol. The van der Waals surface area contributed by atoms with Gasteiger partial charge in [0.25, 0.3) is 0 Å². The third-order valence-electron chi connectivity index (χ3n) is 3.51. The van der Waals surface area contributed by atoms with Crippen LogP contribution in [0.1, 0.15) is 15.9 Å². The molecule has 0 aromatic heterocycles. The summed E-state index contributed by atoms with van der Waals surface area (Å²) < 4.78 is 38.3. The minimum atomic E-state index is -3.85. The summed E-state index contributed by atoms with van der Waals surface area (Å²) in [7, 11) is -1.08. The Kier molecular flexibility index (Phi) is 6.57. The molecule has 0 atom stereocenters. The first-order valence-corrected chi connectivity index (χ1v) is 9.66. The van der Waals surface area contributed by atoms with Gasteiger partial charge in [-0.25, -0.2) is 17.9 Å². The molecule has 8 heteroatoms. The normalized spacial score (nSPS) is 11.2. The zero-order valence-electron chi connectivity index (χ0n) is 13.8. The van der Waals surface area contributed by atoms with Crippen LogP contribution in [0.25, 0.3) is 0 Å². The van der Waals surface area contributed by atoms with E-state index in [9.17, 15) is 13.2 Å². The lowest BCUT2D eigenvalue weighted by Gasteiger charge is -2.12. The largest absolute Gasteiger partial charge is 0.496 e. The SMILES string of the molecule is COC(=O)c1ccccc1S(=O)(=O)NCCc1cc(Br)ccc1OC. The zero-order chi connectivity index (χ0) is 18.4. The quantitative estimate of drug-likeness (QED) is 0.686. The second-order valence-electron chi connectivity index (χ2n) is 5.09. The number of halogens is 1. The molecule has 0 saturated carbocycles. The minimum Gasteiger partial charge on any atom is -0.496 e. The molecule has 2 aromatic carbocycles. The van der Waals surface area contributed by atoms with Crippen molar-refractivity contribution in [3.8, 4) is 5.75 Å². The molecule has 25 heavy (non-hydrogen) atoms. The Morgan fingerprint density at radius 3 is 2.56 bits per heavy atom. The predicted octanol–water partition coefficient (Wildman–Crippen LogP) is 2.77. The van der Waals surface area contributed by atoms with Gasteiger partial charge in [-0.1, -0.05) is 28.1 Å². The van der Waals surface area contributed by atoms with Crippen molar-refractivity contribution in [1.29, 1.82) is 0 Å². The van der Waals surface area contributed by atoms with Crippen LogP contribution in [0.2, 0.25) is 0 Å². The van der Waals surface area contributed by atoms with Crippen LogP contribution < -0.4 is 9.46 Å². The lowest BCUT2D eigenvalue weighted by molar-refractivity contribution is 0.0596. The summed E-state index contributed by atoms with van der Waals surface area (Å²) in [5.41, 5.74) is 0.860. The fourth-order valence-electron chi connectivity index (χ4n) is 2.32. The van der Waals surface area contributed by atoms with Crippen molar-refractivity contribution >= 4 is 31.9 Å². The lowest BCUT2D eigenvalue weighted by Crippen LogP contribution is -2.27. The van der Waals surface area contributed by atoms with Crippen LogP contribution in [-0.4, -0.2) is 35.2 Å². The molecule has 0 heterocycles. The van der Waals surface area contributed by atoms with Gasteiger partial charge in [0, 0.05) is 11.0 Å². The first kappa shape index (κ1) is 19.4. The summed E-state index contributed by atoms with van der Waals surface area (Å²) in [5, 5.41) is 0. The number of nitrogens with one attached hydrogen (secondary N) is 1. The van der Waals surface area contributed by atoms with Crippen molar-refractivity contribution in [1.82, 2.24) is 4.72 Å². The maximum absolute atomic E-state index is 12.5. The molecule has 0 aliphatic heterocycles. The molecule has 0 bridgehead atoms. The molecule has 134 valence electrons. The van der Waals surface area contributed by atoms with Gasteiger partial charge in [0.15, 0.2) is 0 Å². The number of ether oxygens (including phenoxy) is 2. The summed E-state index contributed by atoms with van der Waals surface area (Å²) in [6, 6.07) is 11.4. The van der Waals surface area contributed by atoms with Crippen LogP contribution in [0.15, 0.2) is 51.8 Å². The van der Waals surface area contributed by atoms with Crippen LogP contribution in [0, 0.1) is 0 Å². The van der Waals surface area contributed by atoms with E-state index in [2.05, 4.69) is 25.4 Å². The van der Waals surface area contributed by atoms with Crippen LogP contribution in [0.3, 0.4) is 0 Å². The first-order valence-electron chi connectivity index (χ1n) is 7.38. The van der Waals surface area contributed by atoms with Crippen LogP contribution in [0.5, 0.6) is 5.75 Å². The van der Waals surface area contributed by atoms with Gasteiger partial charge in [0.05, 0.1) is 24.7 Å². The van der Waals surface area contributed by atoms with E-state index in [1.165, 1.54) is 19.2 Å². The summed E-state index contributed by atoms with van der Waals surface area (Å²) in [4.78, 5) is 11.7. The molecule has 0 saturated heterocycles. The van der Waals surface area contributed by atoms with Crippen LogP contribution in [-0.2, 0) is 21.2 Å². The number of hydrogen-bond donors (Lipinski definition) is 1. The molecular formula is C17H18BrNO5S. The van der Waals surface area contributed by atoms with Gasteiger partial charge in [-0.3, -0.25) is 0 Å². The molecular weight excluding hydrogens is 410 g/mol. The number of esters is 1. The molecule has 6 nitrogen and oxygen atoms in total. The van der Waals surface area contributed by atoms with Crippen molar-refractivity contribution < 1.29 is 22.7 Å². The highest BCUT2D eigenvalue weighted by Gasteiger charge is 2.22. The highest BCUT2D eigenvalue weighted by Crippen LogP contribution is 2.23. The number of sulfonamides is 1. The zero-order valence-corrected chi connectivity index (χ0v) is 16.2. The van der Waals surface area contributed by atoms with Gasteiger partial charge < -0.3 is 9.47 Å². The number of rotatable bonds is 7. The molecule has 2 rings (SSSR count). The Morgan fingerprint density at radius 1 is 1.16 bits per heavy atom. The van der Waals surface area contributed by atoms with E-state index >= 15 is 0 Å². The smallest absolute Gasteiger partial charge is 0.339 e. The molecule has 0 radical (unpaired) electrons. The molecule has 1 N–H and O–H groups in total. The molecule has 0 unspecified atom stereocenters. The van der Waals surface area contributed by atoms with Gasteiger partial charge in [0.2, 0.25) is 10.0 Å². The first-order chi connectivity index (χ1) is 11.9. The summed E-state index contributed by atoms with van der Waals surface area (Å²) in [6.07, 6.45) is 0.433. The number of methoxy groups -OCH3 is 2. The number of carbonyl (C=O) groups is 1. The molecule has 2 aromatic rings. The highest BCUT2D eigenvalue weighted by atomic mass is 79.9. The van der Waals surface area contributed by atoms with Crippen molar-refractivity contribution in [3.05, 3.63) is 58.1 Å². The third kappa shape index (κ3) is 4.81. The second-order valence-corrected chi connectivity index (χ2v) is 7.74. The summed E-state index contributed by atoms with van der Waals surface area (Å²) in [6.45, 7) is 0.157. The average Bonchev–Trinajstić information content (AvgIpc) is 2.61. The Morgan fingerprint density at radius 2 is 1.88 bits per heavy atom. The van der Waals surface area contributed by atoms with Crippen LogP contribution >= 0.6 is 15.9 Å². The monoisotopic (exact) mass is 427 g/mol. The lowest BCUT2D eigenvalue weighted by atomic mass is 10.1. The molecule has 0 aliphatic carbocycles. The maximum Gasteiger partial charge on any atom is 0.339 e. The van der Waals surface area contributed by atoms with Gasteiger partial charge in [-0.05, 0) is 42.3 Å². The fraction of sp³-hybridized carbons (Fsp3) is 0.235. The topological polar surface area (TPSA) is 81.7 Å². The van der Waals surface area contributed by atoms with Crippen molar-refractivity contribution in [2.24, 2.45) is 0 Å². The van der Waals surface area contributed by atoms with Crippen molar-refractivity contribution in [3.63, 3.8) is 0 Å². The van der Waals surface area contributed by atoms with E-state index < -0.39 is 16.0 Å². The Hall–Kier alpha value is -1.90. The summed E-state index contributed by atoms with van der Waals surface area (Å²) in [5.74, 6) is -0.0213. The standard InChI is InChI=1S/C17H18BrNO5S/c1-23-15-8-7-13(18)11-12(15)9-10-19-25(21,22)16-6-4-3-5-14(16)17(20)24-2/h3-8,11,19H,9-10H2,1-2H3. The number of carbonyl (C=O) groups excluding carboxylic acids is 1. The Bertz CT molecular complexity index is 867. The fourth-order valence-corrected chi connectivity index (χ4v) is 3.95. The van der Waals surface area contributed by atoms with E-state index in [0.717, 1.165) is 10.0 Å². The van der Waals surface area contributed by atoms with Crippen molar-refractivity contribution in [2.75, 3.05) is 20.8 Å². The number of benzene rings is 2. The van der Waals surface area contributed by atoms with Gasteiger partial charge >= 0.3 is 5.97 Å². The molecule has 0 aliphatic rings. The van der Waals surface area contributed by atoms with E-state index in [4.69, 9.17) is 4.74 Å². The van der Waals surface area contributed by atoms with Crippen LogP contribution in [0.4, 0.5) is 0 Å². The molecule has 0 fully saturated rings. The van der Waals surface area contributed by atoms with Gasteiger partial charge in [0.1, 0.15) is 5.75 Å². The average molecular weight is 428 g/mol. The summed E-state index contributed by atoms with van der Waals surface area (Å²) >= 11 is 3.38. The Balaban J connectivity index is 2.16. The molecule has 0 spiro atoms. The second kappa shape index (κ2) is 8.46. The highest BCUT2D eigenvalue weighted by molar-refractivity contribution is 9.10. The minimum absolute atomic E-state index is 0.00228. The van der Waals surface area contributed by atoms with E-state index in [1.807, 2.05) is 12.1 Å². The van der Waals surface area contributed by atoms with Gasteiger partial charge in [-0.2, -0.15) is 0 Å². The van der Waals surface area contributed by atoms with E-state index in [1.54, 1.807) is 25.3 Å². The Labute approximate surface area is 155 Å². The van der Waals surface area contributed by atoms with E-state index in [-0.39, 0.29) is 17.0 Å². The van der Waals surface area contributed by atoms with Crippen molar-refractivity contribution in [2.45, 2.75) is 11.3 Å². The third-order valence-corrected chi connectivity index (χ3v) is 5.52. The maximum atomic E-state index is 12.5. The van der Waals surface area contributed by atoms with E-state index in [0.29, 0.717) is 12.2 Å². The van der Waals surface area contributed by atoms with Gasteiger partial charge in [-0.15, -0.1) is 0 Å². The number of hydrogen-bond acceptors (Lipinski definition) is 5.